The van der Waals surface area contributed by atoms with Crippen molar-refractivity contribution >= 4 is 138 Å². The van der Waals surface area contributed by atoms with Gasteiger partial charge in [0.1, 0.15) is 0 Å². The molecule has 0 amide bonds. The predicted octanol–water partition coefficient (Wildman–Crippen LogP) is 22.7. The molecule has 0 bridgehead atoms. The van der Waals surface area contributed by atoms with E-state index < -0.39 is 14.2 Å². The van der Waals surface area contributed by atoms with E-state index >= 15 is 0 Å². The van der Waals surface area contributed by atoms with Gasteiger partial charge >= 0.3 is 14.2 Å². The topological polar surface area (TPSA) is 300 Å². The summed E-state index contributed by atoms with van der Waals surface area (Å²) in [4.78, 5) is 79.1. The van der Waals surface area contributed by atoms with Crippen molar-refractivity contribution in [3.63, 3.8) is 0 Å². The van der Waals surface area contributed by atoms with Gasteiger partial charge in [-0.05, 0) is 149 Å². The van der Waals surface area contributed by atoms with Gasteiger partial charge in [0.25, 0.3) is 0 Å². The maximum atomic E-state index is 9.39. The molecule has 0 atom stereocenters. The lowest BCUT2D eigenvalue weighted by Crippen LogP contribution is -2.30. The summed E-state index contributed by atoms with van der Waals surface area (Å²) in [5, 5.41) is 41.6. The molecule has 4 N–H and O–H groups in total. The molecule has 0 aliphatic rings. The van der Waals surface area contributed by atoms with Crippen molar-refractivity contribution in [3.8, 4) is 136 Å². The second-order valence-electron chi connectivity index (χ2n) is 30.8. The Morgan fingerprint density at radius 2 is 0.459 bits per heavy atom. The molecule has 11 aromatic heterocycles. The van der Waals surface area contributed by atoms with Crippen molar-refractivity contribution in [1.82, 2.24) is 84.7 Å². The summed E-state index contributed by atoms with van der Waals surface area (Å²) in [6, 6.07) is 116. The monoisotopic (exact) mass is 1940 g/mol. The number of nitrogens with zero attached hydrogens (tertiary/aromatic N) is 17. The summed E-state index contributed by atoms with van der Waals surface area (Å²) in [6.07, 6.45) is 17.3. The van der Waals surface area contributed by atoms with Crippen LogP contribution in [0.25, 0.3) is 201 Å². The van der Waals surface area contributed by atoms with E-state index in [1.54, 1.807) is 49.1 Å². The van der Waals surface area contributed by atoms with Gasteiger partial charge in [-0.15, -0.1) is 0 Å². The number of benzene rings is 12. The zero-order valence-electron chi connectivity index (χ0n) is 71.4. The molecular weight excluding hydrogens is 1870 g/mol. The van der Waals surface area contributed by atoms with Crippen LogP contribution in [0.3, 0.4) is 0 Å². The Morgan fingerprint density at radius 3 is 0.800 bits per heavy atom. The van der Waals surface area contributed by atoms with Crippen LogP contribution in [-0.2, 0) is 0 Å². The highest BCUT2D eigenvalue weighted by atomic mass is 79.9. The molecule has 0 spiro atoms. The van der Waals surface area contributed by atoms with Crippen molar-refractivity contribution in [2.45, 2.75) is 0 Å². The lowest BCUT2D eigenvalue weighted by Gasteiger charge is -2.14. The molecular formula is C109H72B2Br3N17O4. The fourth-order valence-electron chi connectivity index (χ4n) is 15.6. The lowest BCUT2D eigenvalue weighted by atomic mass is 9.77. The van der Waals surface area contributed by atoms with Gasteiger partial charge in [0.05, 0.1) is 33.1 Å². The van der Waals surface area contributed by atoms with Crippen LogP contribution in [0.2, 0.25) is 0 Å². The average Bonchev–Trinajstić information content (AvgIpc) is 0.761. The van der Waals surface area contributed by atoms with E-state index in [4.69, 9.17) is 59.9 Å². The number of fused-ring (bicyclic) bond motifs is 9. The lowest BCUT2D eigenvalue weighted by molar-refractivity contribution is 0.424. The number of hydrogen-bond acceptors (Lipinski definition) is 21. The Kier molecular flexibility index (Phi) is 26.8. The number of hydrogen-bond donors (Lipinski definition) is 4. The van der Waals surface area contributed by atoms with Crippen LogP contribution >= 0.6 is 47.8 Å². The van der Waals surface area contributed by atoms with E-state index in [0.29, 0.717) is 74.2 Å². The van der Waals surface area contributed by atoms with Crippen molar-refractivity contribution in [2.75, 3.05) is 0 Å². The van der Waals surface area contributed by atoms with Gasteiger partial charge in [0.15, 0.2) is 52.4 Å². The third-order valence-corrected chi connectivity index (χ3v) is 23.2. The summed E-state index contributed by atoms with van der Waals surface area (Å²) in [6.45, 7) is 0. The Balaban J connectivity index is 0.000000117. The SMILES string of the molecule is Brc1cc(-c2nc(-c3ccccc3)nc(-c3ccccc3)n2)cc(-c2cc3cccnc3c3ncccc23)c1.Brc1cc(Br)cc(-c2nc(-c3ccccc3)nc(-c3ccccc3)n2)c1.OB(O)c1cc2cccnc2c2ncccc12.OB(O)c1cccnc1.c1ccc(-c2nc(-c3ccccc3)nc(-c3cc(-c4cccnc4)cc(-c4cc5cccnc5c5ncccc45)c3)n2)cc1. The Labute approximate surface area is 800 Å². The molecule has 21 nitrogen and oxygen atoms in total. The molecule has 26 heteroatoms. The second kappa shape index (κ2) is 41.1. The Hall–Kier alpha value is -16.2. The quantitative estimate of drug-likeness (QED) is 0.0581. The van der Waals surface area contributed by atoms with Gasteiger partial charge in [0.2, 0.25) is 0 Å². The third kappa shape index (κ3) is 20.5. The molecule has 23 aromatic rings. The Morgan fingerprint density at radius 1 is 0.193 bits per heavy atom. The van der Waals surface area contributed by atoms with Crippen molar-refractivity contribution in [2.24, 2.45) is 0 Å². The zero-order valence-corrected chi connectivity index (χ0v) is 76.2. The third-order valence-electron chi connectivity index (χ3n) is 21.9. The van der Waals surface area contributed by atoms with Crippen LogP contribution in [0.15, 0.2) is 427 Å². The summed E-state index contributed by atoms with van der Waals surface area (Å²) in [7, 11) is -2.91. The maximum Gasteiger partial charge on any atom is 0.490 e. The van der Waals surface area contributed by atoms with Crippen molar-refractivity contribution < 1.29 is 20.1 Å². The highest BCUT2D eigenvalue weighted by Crippen LogP contribution is 2.41. The number of rotatable bonds is 14. The number of pyridine rings is 8. The highest BCUT2D eigenvalue weighted by molar-refractivity contribution is 9.11. The zero-order chi connectivity index (χ0) is 91.9. The first-order valence-electron chi connectivity index (χ1n) is 42.7. The van der Waals surface area contributed by atoms with Crippen molar-refractivity contribution in [1.29, 1.82) is 0 Å². The van der Waals surface area contributed by atoms with Gasteiger partial charge in [-0.1, -0.05) is 284 Å². The molecule has 0 saturated heterocycles. The van der Waals surface area contributed by atoms with E-state index in [9.17, 15) is 10.0 Å². The minimum atomic E-state index is -1.51. The maximum absolute atomic E-state index is 9.39. The van der Waals surface area contributed by atoms with Crippen LogP contribution in [-0.4, -0.2) is 119 Å². The highest BCUT2D eigenvalue weighted by Gasteiger charge is 2.23. The minimum Gasteiger partial charge on any atom is -0.423 e. The van der Waals surface area contributed by atoms with Gasteiger partial charge < -0.3 is 20.1 Å². The van der Waals surface area contributed by atoms with Gasteiger partial charge in [-0.25, -0.2) is 44.9 Å². The fourth-order valence-corrected chi connectivity index (χ4v) is 17.3. The van der Waals surface area contributed by atoms with E-state index in [-0.39, 0.29) is 0 Å². The molecule has 11 heterocycles. The number of aromatic nitrogens is 17. The first-order chi connectivity index (χ1) is 66.3. The van der Waals surface area contributed by atoms with Gasteiger partial charge in [-0.2, -0.15) is 0 Å². The van der Waals surface area contributed by atoms with E-state index in [1.807, 2.05) is 286 Å². The molecule has 644 valence electrons. The van der Waals surface area contributed by atoms with Crippen LogP contribution in [0.5, 0.6) is 0 Å². The standard InChI is InChI=1S/C38H24N6.C33H20BrN5.C21H13Br2N3.C12H9BN2O2.C5H6BNO2/c1-3-10-25(11-4-1)36-42-37(26-12-5-2-6-13-26)44-38(43-36)31-21-29(28-15-7-17-39-24-28)20-30(22-31)33-23-27-14-8-18-40-34(27)35-32(33)16-9-19-41-35;34-26-18-24(28-20-23-13-7-15-35-29(23)30-27(28)14-8-16-36-30)17-25(19-26)33-38-31(21-9-3-1-4-10-21)37-32(39-33)22-11-5-2-6-12-22;22-17-11-16(12-18(23)13-17)21-25-19(14-7-3-1-4-8-14)24-20(26-21)15-9-5-2-6-10-15;16-13(17)10-7-8-3-1-5-14-11(8)12-9(10)4-2-6-15-12;8-6(9)5-2-1-3-7-4-5/h1-24H;1-20H;1-13H;1-7,16-17H;1-4,8-9H. The molecule has 23 rings (SSSR count). The second-order valence-corrected chi connectivity index (χ2v) is 33.6. The summed E-state index contributed by atoms with van der Waals surface area (Å²) < 4.78 is 2.86. The molecule has 0 aliphatic carbocycles. The molecule has 0 unspecified atom stereocenters. The number of halogens is 3. The van der Waals surface area contributed by atoms with E-state index in [2.05, 4.69) is 155 Å². The fraction of sp³-hybridized carbons (Fsp3) is 0. The molecule has 0 saturated carbocycles. The Bertz CT molecular complexity index is 8000. The normalized spacial score (nSPS) is 10.9. The first-order valence-corrected chi connectivity index (χ1v) is 45.1. The van der Waals surface area contributed by atoms with Crippen LogP contribution in [0.4, 0.5) is 0 Å². The summed E-state index contributed by atoms with van der Waals surface area (Å²) in [5.74, 6) is 5.66. The van der Waals surface area contributed by atoms with Crippen LogP contribution in [0, 0.1) is 0 Å². The molecule has 0 fully saturated rings. The largest absolute Gasteiger partial charge is 0.490 e. The predicted molar refractivity (Wildman–Crippen MR) is 548 cm³/mol. The smallest absolute Gasteiger partial charge is 0.423 e. The van der Waals surface area contributed by atoms with Crippen molar-refractivity contribution in [3.05, 3.63) is 427 Å². The van der Waals surface area contributed by atoms with Gasteiger partial charge in [-0.3, -0.25) is 39.9 Å². The molecule has 0 aliphatic heterocycles. The van der Waals surface area contributed by atoms with Crippen LogP contribution in [0.1, 0.15) is 0 Å². The average molecular weight is 1950 g/mol. The van der Waals surface area contributed by atoms with Gasteiger partial charge in [0, 0.05) is 169 Å². The molecule has 12 aromatic carbocycles. The first kappa shape index (κ1) is 88.1. The summed E-state index contributed by atoms with van der Waals surface area (Å²) >= 11 is 10.8. The summed E-state index contributed by atoms with van der Waals surface area (Å²) in [5.41, 5.74) is 20.4. The molecule has 135 heavy (non-hydrogen) atoms. The van der Waals surface area contributed by atoms with E-state index in [0.717, 1.165) is 151 Å². The molecule has 0 radical (unpaired) electrons. The van der Waals surface area contributed by atoms with E-state index in [1.165, 1.54) is 6.20 Å². The van der Waals surface area contributed by atoms with Crippen LogP contribution < -0.4 is 10.9 Å². The minimum absolute atomic E-state index is 0.414.